The SMILES string of the molecule is CCC1OCCC1C(Cc1ccc(F)c(Cl)c1)NN. The Bertz CT molecular complexity index is 430. The molecule has 0 spiro atoms. The van der Waals surface area contributed by atoms with Crippen LogP contribution in [0.5, 0.6) is 0 Å². The summed E-state index contributed by atoms with van der Waals surface area (Å²) in [5.74, 6) is 5.67. The first-order valence-electron chi connectivity index (χ1n) is 6.67. The van der Waals surface area contributed by atoms with E-state index in [0.29, 0.717) is 5.92 Å². The van der Waals surface area contributed by atoms with Gasteiger partial charge in [-0.15, -0.1) is 0 Å². The van der Waals surface area contributed by atoms with E-state index in [1.807, 2.05) is 0 Å². The van der Waals surface area contributed by atoms with Crippen molar-refractivity contribution in [2.45, 2.75) is 38.3 Å². The number of nitrogens with one attached hydrogen (secondary N) is 1. The Hall–Kier alpha value is -0.680. The van der Waals surface area contributed by atoms with Gasteiger partial charge in [0.2, 0.25) is 0 Å². The van der Waals surface area contributed by atoms with Crippen molar-refractivity contribution in [3.05, 3.63) is 34.6 Å². The monoisotopic (exact) mass is 286 g/mol. The lowest BCUT2D eigenvalue weighted by atomic mass is 9.87. The van der Waals surface area contributed by atoms with Gasteiger partial charge in [0.1, 0.15) is 5.82 Å². The van der Waals surface area contributed by atoms with Crippen LogP contribution in [0.25, 0.3) is 0 Å². The lowest BCUT2D eigenvalue weighted by Gasteiger charge is -2.26. The van der Waals surface area contributed by atoms with Crippen molar-refractivity contribution in [2.24, 2.45) is 11.8 Å². The Balaban J connectivity index is 2.08. The van der Waals surface area contributed by atoms with Crippen LogP contribution in [0.4, 0.5) is 4.39 Å². The van der Waals surface area contributed by atoms with Gasteiger partial charge < -0.3 is 4.74 Å². The molecule has 0 aromatic heterocycles. The molecule has 0 amide bonds. The zero-order valence-electron chi connectivity index (χ0n) is 11.0. The third-order valence-corrected chi connectivity index (χ3v) is 4.12. The van der Waals surface area contributed by atoms with E-state index in [4.69, 9.17) is 22.2 Å². The molecular weight excluding hydrogens is 267 g/mol. The zero-order chi connectivity index (χ0) is 13.8. The molecule has 3 N–H and O–H groups in total. The van der Waals surface area contributed by atoms with Crippen LogP contribution in [0.15, 0.2) is 18.2 Å². The highest BCUT2D eigenvalue weighted by atomic mass is 35.5. The molecule has 1 fully saturated rings. The lowest BCUT2D eigenvalue weighted by molar-refractivity contribution is 0.0775. The number of halogens is 2. The number of ether oxygens (including phenoxy) is 1. The molecule has 3 nitrogen and oxygen atoms in total. The second-order valence-corrected chi connectivity index (χ2v) is 5.40. The average molecular weight is 287 g/mol. The number of hydrogen-bond acceptors (Lipinski definition) is 3. The molecule has 0 saturated carbocycles. The second kappa shape index (κ2) is 6.66. The first-order chi connectivity index (χ1) is 9.15. The van der Waals surface area contributed by atoms with Crippen LogP contribution in [0.1, 0.15) is 25.3 Å². The maximum atomic E-state index is 13.1. The number of rotatable bonds is 5. The Kier molecular flexibility index (Phi) is 5.16. The molecule has 1 heterocycles. The van der Waals surface area contributed by atoms with Gasteiger partial charge in [0.05, 0.1) is 11.1 Å². The molecule has 5 heteroatoms. The van der Waals surface area contributed by atoms with E-state index in [2.05, 4.69) is 12.3 Å². The summed E-state index contributed by atoms with van der Waals surface area (Å²) in [5, 5.41) is 0.156. The molecule has 3 unspecified atom stereocenters. The Morgan fingerprint density at radius 3 is 3.00 bits per heavy atom. The van der Waals surface area contributed by atoms with Crippen molar-refractivity contribution < 1.29 is 9.13 Å². The minimum absolute atomic E-state index is 0.119. The van der Waals surface area contributed by atoms with E-state index in [9.17, 15) is 4.39 Å². The quantitative estimate of drug-likeness (QED) is 0.646. The Morgan fingerprint density at radius 1 is 1.58 bits per heavy atom. The van der Waals surface area contributed by atoms with Gasteiger partial charge >= 0.3 is 0 Å². The molecule has 2 rings (SSSR count). The molecule has 0 bridgehead atoms. The number of nitrogens with two attached hydrogens (primary N) is 1. The Labute approximate surface area is 118 Å². The van der Waals surface area contributed by atoms with Crippen molar-refractivity contribution in [1.29, 1.82) is 0 Å². The van der Waals surface area contributed by atoms with Gasteiger partial charge in [-0.05, 0) is 37.0 Å². The first-order valence-corrected chi connectivity index (χ1v) is 7.05. The molecule has 1 aromatic rings. The van der Waals surface area contributed by atoms with Crippen molar-refractivity contribution in [2.75, 3.05) is 6.61 Å². The van der Waals surface area contributed by atoms with E-state index < -0.39 is 5.82 Å². The highest BCUT2D eigenvalue weighted by molar-refractivity contribution is 6.30. The largest absolute Gasteiger partial charge is 0.378 e. The van der Waals surface area contributed by atoms with Crippen LogP contribution in [-0.4, -0.2) is 18.8 Å². The third kappa shape index (κ3) is 3.45. The van der Waals surface area contributed by atoms with E-state index >= 15 is 0 Å². The van der Waals surface area contributed by atoms with Crippen LogP contribution in [0.2, 0.25) is 5.02 Å². The lowest BCUT2D eigenvalue weighted by Crippen LogP contribution is -2.45. The highest BCUT2D eigenvalue weighted by Crippen LogP contribution is 2.28. The fraction of sp³-hybridized carbons (Fsp3) is 0.571. The highest BCUT2D eigenvalue weighted by Gasteiger charge is 2.33. The van der Waals surface area contributed by atoms with Crippen molar-refractivity contribution in [3.63, 3.8) is 0 Å². The predicted molar refractivity (Wildman–Crippen MR) is 74.4 cm³/mol. The summed E-state index contributed by atoms with van der Waals surface area (Å²) in [6.07, 6.45) is 2.95. The van der Waals surface area contributed by atoms with Crippen LogP contribution >= 0.6 is 11.6 Å². The molecule has 1 saturated heterocycles. The molecule has 1 aliphatic heterocycles. The summed E-state index contributed by atoms with van der Waals surface area (Å²) < 4.78 is 18.8. The van der Waals surface area contributed by atoms with E-state index in [-0.39, 0.29) is 17.2 Å². The summed E-state index contributed by atoms with van der Waals surface area (Å²) in [7, 11) is 0. The second-order valence-electron chi connectivity index (χ2n) is 5.00. The molecule has 1 aliphatic rings. The molecular formula is C14H20ClFN2O. The molecule has 1 aromatic carbocycles. The minimum Gasteiger partial charge on any atom is -0.378 e. The maximum Gasteiger partial charge on any atom is 0.141 e. The van der Waals surface area contributed by atoms with E-state index in [0.717, 1.165) is 31.4 Å². The van der Waals surface area contributed by atoms with Crippen molar-refractivity contribution >= 4 is 11.6 Å². The summed E-state index contributed by atoms with van der Waals surface area (Å²) in [5.41, 5.74) is 3.86. The standard InChI is InChI=1S/C14H20ClFN2O/c1-2-14-10(5-6-19-14)13(18-17)8-9-3-4-12(16)11(15)7-9/h3-4,7,10,13-14,18H,2,5-6,8,17H2,1H3. The van der Waals surface area contributed by atoms with Crippen LogP contribution in [-0.2, 0) is 11.2 Å². The number of benzene rings is 1. The van der Waals surface area contributed by atoms with E-state index in [1.54, 1.807) is 12.1 Å². The number of hydrogen-bond donors (Lipinski definition) is 2. The summed E-state index contributed by atoms with van der Waals surface area (Å²) >= 11 is 5.80. The van der Waals surface area contributed by atoms with Crippen LogP contribution < -0.4 is 11.3 Å². The fourth-order valence-corrected chi connectivity index (χ4v) is 3.00. The third-order valence-electron chi connectivity index (χ3n) is 3.83. The van der Waals surface area contributed by atoms with Crippen LogP contribution in [0, 0.1) is 11.7 Å². The van der Waals surface area contributed by atoms with E-state index in [1.165, 1.54) is 6.07 Å². The minimum atomic E-state index is -0.390. The van der Waals surface area contributed by atoms with Gasteiger partial charge in [0.25, 0.3) is 0 Å². The van der Waals surface area contributed by atoms with Gasteiger partial charge in [-0.3, -0.25) is 11.3 Å². The van der Waals surface area contributed by atoms with Gasteiger partial charge in [-0.1, -0.05) is 24.6 Å². The smallest absolute Gasteiger partial charge is 0.141 e. The molecule has 106 valence electrons. The molecule has 0 aliphatic carbocycles. The zero-order valence-corrected chi connectivity index (χ0v) is 11.8. The summed E-state index contributed by atoms with van der Waals surface area (Å²) in [4.78, 5) is 0. The first kappa shape index (κ1) is 14.7. The maximum absolute atomic E-state index is 13.1. The van der Waals surface area contributed by atoms with Gasteiger partial charge in [-0.2, -0.15) is 0 Å². The molecule has 19 heavy (non-hydrogen) atoms. The molecule has 0 radical (unpaired) electrons. The van der Waals surface area contributed by atoms with Gasteiger partial charge in [0.15, 0.2) is 0 Å². The van der Waals surface area contributed by atoms with Crippen molar-refractivity contribution in [3.8, 4) is 0 Å². The summed E-state index contributed by atoms with van der Waals surface area (Å²) in [6.45, 7) is 2.90. The fourth-order valence-electron chi connectivity index (χ4n) is 2.80. The topological polar surface area (TPSA) is 47.3 Å². The van der Waals surface area contributed by atoms with Crippen LogP contribution in [0.3, 0.4) is 0 Å². The number of hydrazine groups is 1. The van der Waals surface area contributed by atoms with Gasteiger partial charge in [0, 0.05) is 18.6 Å². The Morgan fingerprint density at radius 2 is 2.37 bits per heavy atom. The summed E-state index contributed by atoms with van der Waals surface area (Å²) in [6, 6.07) is 4.93. The molecule has 3 atom stereocenters. The normalized spacial score (nSPS) is 24.6. The van der Waals surface area contributed by atoms with Gasteiger partial charge in [-0.25, -0.2) is 4.39 Å². The average Bonchev–Trinajstić information content (AvgIpc) is 2.88. The predicted octanol–water partition coefficient (Wildman–Crippen LogP) is 2.67. The van der Waals surface area contributed by atoms with Crippen molar-refractivity contribution in [1.82, 2.24) is 5.43 Å².